The highest BCUT2D eigenvalue weighted by Gasteiger charge is 2.42. The molecule has 0 amide bonds. The zero-order valence-electron chi connectivity index (χ0n) is 16.7. The van der Waals surface area contributed by atoms with Crippen LogP contribution in [0.15, 0.2) is 65.0 Å². The summed E-state index contributed by atoms with van der Waals surface area (Å²) in [6.07, 6.45) is 3.47. The summed E-state index contributed by atoms with van der Waals surface area (Å²) in [5.74, 6) is 0.149. The standard InChI is InChI=1S/C24H23BrO5/c1-2-15-6-8-18(9-7-15)29-22-14-28-21-13-19(10-11-20(21)23(22)26)30-24(27)16-4-3-5-17(25)12-16/h3-9,12,14,19-21H,2,10-11,13H2,1H3. The Morgan fingerprint density at radius 2 is 1.97 bits per heavy atom. The average molecular weight is 471 g/mol. The van der Waals surface area contributed by atoms with Crippen LogP contribution in [0.1, 0.15) is 42.1 Å². The van der Waals surface area contributed by atoms with Crippen molar-refractivity contribution in [3.8, 4) is 5.75 Å². The summed E-state index contributed by atoms with van der Waals surface area (Å²) in [7, 11) is 0. The Morgan fingerprint density at radius 3 is 2.70 bits per heavy atom. The molecule has 1 fully saturated rings. The van der Waals surface area contributed by atoms with Crippen LogP contribution in [0, 0.1) is 5.92 Å². The summed E-state index contributed by atoms with van der Waals surface area (Å²) in [5, 5.41) is 0. The third kappa shape index (κ3) is 4.59. The first-order valence-corrected chi connectivity index (χ1v) is 11.0. The molecule has 4 rings (SSSR count). The summed E-state index contributed by atoms with van der Waals surface area (Å²) in [6.45, 7) is 2.09. The highest BCUT2D eigenvalue weighted by Crippen LogP contribution is 2.35. The normalized spacial score (nSPS) is 23.1. The van der Waals surface area contributed by atoms with Crippen molar-refractivity contribution < 1.29 is 23.8 Å². The summed E-state index contributed by atoms with van der Waals surface area (Å²) in [4.78, 5) is 25.3. The number of benzene rings is 2. The van der Waals surface area contributed by atoms with E-state index in [1.165, 1.54) is 11.8 Å². The lowest BCUT2D eigenvalue weighted by molar-refractivity contribution is -0.132. The largest absolute Gasteiger partial charge is 0.493 e. The quantitative estimate of drug-likeness (QED) is 0.560. The maximum atomic E-state index is 12.9. The summed E-state index contributed by atoms with van der Waals surface area (Å²) < 4.78 is 18.1. The number of carbonyl (C=O) groups is 2. The second kappa shape index (κ2) is 9.04. The molecule has 0 bridgehead atoms. The SMILES string of the molecule is CCc1ccc(OC2=COC3CC(OC(=O)c4cccc(Br)c4)CCC3C2=O)cc1. The summed E-state index contributed by atoms with van der Waals surface area (Å²) in [5.41, 5.74) is 1.70. The van der Waals surface area contributed by atoms with E-state index >= 15 is 0 Å². The molecule has 3 atom stereocenters. The van der Waals surface area contributed by atoms with Gasteiger partial charge < -0.3 is 14.2 Å². The van der Waals surface area contributed by atoms with Gasteiger partial charge in [-0.25, -0.2) is 4.79 Å². The predicted molar refractivity (Wildman–Crippen MR) is 115 cm³/mol. The molecule has 0 N–H and O–H groups in total. The Balaban J connectivity index is 1.37. The Kier molecular flexibility index (Phi) is 6.23. The van der Waals surface area contributed by atoms with Crippen LogP contribution >= 0.6 is 15.9 Å². The van der Waals surface area contributed by atoms with Crippen LogP contribution in [0.25, 0.3) is 0 Å². The smallest absolute Gasteiger partial charge is 0.338 e. The van der Waals surface area contributed by atoms with E-state index in [9.17, 15) is 9.59 Å². The average Bonchev–Trinajstić information content (AvgIpc) is 2.76. The number of allylic oxidation sites excluding steroid dienone is 1. The fraction of sp³-hybridized carbons (Fsp3) is 0.333. The van der Waals surface area contributed by atoms with Crippen molar-refractivity contribution in [2.75, 3.05) is 0 Å². The molecule has 5 nitrogen and oxygen atoms in total. The molecule has 1 aliphatic carbocycles. The van der Waals surface area contributed by atoms with E-state index in [0.717, 1.165) is 10.9 Å². The fourth-order valence-electron chi connectivity index (χ4n) is 3.87. The lowest BCUT2D eigenvalue weighted by atomic mass is 9.80. The highest BCUT2D eigenvalue weighted by molar-refractivity contribution is 9.10. The molecule has 156 valence electrons. The van der Waals surface area contributed by atoms with Crippen LogP contribution in [0.2, 0.25) is 0 Å². The monoisotopic (exact) mass is 470 g/mol. The topological polar surface area (TPSA) is 61.8 Å². The number of hydrogen-bond donors (Lipinski definition) is 0. The minimum absolute atomic E-state index is 0.0532. The molecule has 6 heteroatoms. The predicted octanol–water partition coefficient (Wildman–Crippen LogP) is 5.23. The van der Waals surface area contributed by atoms with E-state index in [0.29, 0.717) is 30.6 Å². The van der Waals surface area contributed by atoms with Gasteiger partial charge in [0.2, 0.25) is 11.5 Å². The Bertz CT molecular complexity index is 966. The van der Waals surface area contributed by atoms with Crippen molar-refractivity contribution >= 4 is 27.7 Å². The number of rotatable bonds is 5. The molecule has 1 saturated carbocycles. The number of halogens is 1. The summed E-state index contributed by atoms with van der Waals surface area (Å²) >= 11 is 3.36. The Labute approximate surface area is 184 Å². The molecule has 0 saturated heterocycles. The molecule has 30 heavy (non-hydrogen) atoms. The van der Waals surface area contributed by atoms with Gasteiger partial charge in [-0.2, -0.15) is 0 Å². The number of fused-ring (bicyclic) bond motifs is 1. The van der Waals surface area contributed by atoms with Gasteiger partial charge in [-0.1, -0.05) is 41.1 Å². The second-order valence-electron chi connectivity index (χ2n) is 7.58. The fourth-order valence-corrected chi connectivity index (χ4v) is 4.27. The lowest BCUT2D eigenvalue weighted by Gasteiger charge is -2.36. The first-order chi connectivity index (χ1) is 14.5. The van der Waals surface area contributed by atoms with Crippen LogP contribution in [0.5, 0.6) is 5.75 Å². The molecule has 3 unspecified atom stereocenters. The number of esters is 1. The molecular weight excluding hydrogens is 448 g/mol. The van der Waals surface area contributed by atoms with Crippen LogP contribution in [-0.2, 0) is 20.7 Å². The van der Waals surface area contributed by atoms with Crippen LogP contribution in [0.3, 0.4) is 0 Å². The number of ketones is 1. The minimum atomic E-state index is -0.364. The molecule has 2 aromatic carbocycles. The maximum absolute atomic E-state index is 12.9. The number of Topliss-reactive ketones (excluding diaryl/α,β-unsaturated/α-hetero) is 1. The zero-order chi connectivity index (χ0) is 21.1. The number of aryl methyl sites for hydroxylation is 1. The number of carbonyl (C=O) groups excluding carboxylic acids is 2. The van der Waals surface area contributed by atoms with Crippen molar-refractivity contribution in [3.63, 3.8) is 0 Å². The molecule has 2 aliphatic rings. The van der Waals surface area contributed by atoms with E-state index in [1.807, 2.05) is 30.3 Å². The minimum Gasteiger partial charge on any atom is -0.493 e. The van der Waals surface area contributed by atoms with E-state index in [-0.39, 0.29) is 35.6 Å². The van der Waals surface area contributed by atoms with Gasteiger partial charge in [-0.05, 0) is 55.2 Å². The molecule has 0 radical (unpaired) electrons. The first kappa shape index (κ1) is 20.7. The molecule has 0 aromatic heterocycles. The number of ether oxygens (including phenoxy) is 3. The Hall–Kier alpha value is -2.60. The molecule has 0 spiro atoms. The van der Waals surface area contributed by atoms with Crippen LogP contribution in [-0.4, -0.2) is 24.0 Å². The molecule has 1 heterocycles. The van der Waals surface area contributed by atoms with Gasteiger partial charge in [-0.15, -0.1) is 0 Å². The number of hydrogen-bond acceptors (Lipinski definition) is 5. The third-order valence-electron chi connectivity index (χ3n) is 5.57. The van der Waals surface area contributed by atoms with Crippen molar-refractivity contribution in [1.82, 2.24) is 0 Å². The van der Waals surface area contributed by atoms with Crippen LogP contribution < -0.4 is 4.74 Å². The lowest BCUT2D eigenvalue weighted by Crippen LogP contribution is -2.43. The van der Waals surface area contributed by atoms with Crippen molar-refractivity contribution in [3.05, 3.63) is 76.2 Å². The van der Waals surface area contributed by atoms with Gasteiger partial charge in [0.15, 0.2) is 0 Å². The summed E-state index contributed by atoms with van der Waals surface area (Å²) in [6, 6.07) is 14.8. The molecule has 2 aromatic rings. The van der Waals surface area contributed by atoms with Gasteiger partial charge in [0.1, 0.15) is 24.2 Å². The van der Waals surface area contributed by atoms with Gasteiger partial charge in [0.05, 0.1) is 11.5 Å². The van der Waals surface area contributed by atoms with Crippen molar-refractivity contribution in [2.45, 2.75) is 44.8 Å². The first-order valence-electron chi connectivity index (χ1n) is 10.2. The zero-order valence-corrected chi connectivity index (χ0v) is 18.3. The maximum Gasteiger partial charge on any atom is 0.338 e. The van der Waals surface area contributed by atoms with E-state index in [2.05, 4.69) is 22.9 Å². The molecular formula is C24H23BrO5. The highest BCUT2D eigenvalue weighted by atomic mass is 79.9. The second-order valence-corrected chi connectivity index (χ2v) is 8.49. The van der Waals surface area contributed by atoms with Gasteiger partial charge in [0.25, 0.3) is 0 Å². The molecule has 1 aliphatic heterocycles. The van der Waals surface area contributed by atoms with Gasteiger partial charge in [-0.3, -0.25) is 4.79 Å². The Morgan fingerprint density at radius 1 is 1.17 bits per heavy atom. The van der Waals surface area contributed by atoms with Crippen molar-refractivity contribution in [1.29, 1.82) is 0 Å². The van der Waals surface area contributed by atoms with Crippen molar-refractivity contribution in [2.24, 2.45) is 5.92 Å². The van der Waals surface area contributed by atoms with E-state index < -0.39 is 0 Å². The van der Waals surface area contributed by atoms with Crippen LogP contribution in [0.4, 0.5) is 0 Å². The van der Waals surface area contributed by atoms with E-state index in [4.69, 9.17) is 14.2 Å². The van der Waals surface area contributed by atoms with Gasteiger partial charge >= 0.3 is 5.97 Å². The van der Waals surface area contributed by atoms with E-state index in [1.54, 1.807) is 18.2 Å². The van der Waals surface area contributed by atoms with Gasteiger partial charge in [0, 0.05) is 10.9 Å². The third-order valence-corrected chi connectivity index (χ3v) is 6.06.